The smallest absolute Gasteiger partial charge is 0.160 e. The molecule has 8 aromatic carbocycles. The second kappa shape index (κ2) is 13.1. The first-order chi connectivity index (χ1) is 27.7. The Kier molecular flexibility index (Phi) is 7.46. The van der Waals surface area contributed by atoms with Gasteiger partial charge < -0.3 is 8.98 Å². The van der Waals surface area contributed by atoms with Crippen molar-refractivity contribution in [1.82, 2.24) is 14.5 Å². The van der Waals surface area contributed by atoms with Crippen LogP contribution in [0.1, 0.15) is 0 Å². The van der Waals surface area contributed by atoms with Gasteiger partial charge in [0.1, 0.15) is 5.58 Å². The fraction of sp³-hybridized carbons (Fsp3) is 0. The van der Waals surface area contributed by atoms with Crippen molar-refractivity contribution in [1.29, 1.82) is 0 Å². The van der Waals surface area contributed by atoms with Crippen LogP contribution in [0.4, 0.5) is 0 Å². The fourth-order valence-electron chi connectivity index (χ4n) is 8.11. The molecule has 0 fully saturated rings. The van der Waals surface area contributed by atoms with E-state index in [0.29, 0.717) is 5.82 Å². The van der Waals surface area contributed by atoms with E-state index >= 15 is 0 Å². The minimum Gasteiger partial charge on any atom is -0.454 e. The molecule has 4 nitrogen and oxygen atoms in total. The standard InChI is InChI=1S/C52H33N3O/c1-4-15-34(16-5-1)37-21-14-22-38(29-37)45-33-46(54-52(53-45)36-19-8-3-9-20-36)39-27-28-42-41-23-10-12-25-47(41)55(48(42)31-39)49-32-40(35-17-6-2-7-18-35)30-44-43-24-11-13-26-50(43)56-51(44)49/h1-33H. The van der Waals surface area contributed by atoms with E-state index in [0.717, 1.165) is 88.8 Å². The lowest BCUT2D eigenvalue weighted by atomic mass is 10.0. The van der Waals surface area contributed by atoms with Crippen LogP contribution in [-0.4, -0.2) is 14.5 Å². The molecule has 0 aliphatic carbocycles. The zero-order chi connectivity index (χ0) is 37.0. The summed E-state index contributed by atoms with van der Waals surface area (Å²) in [6.07, 6.45) is 0. The van der Waals surface area contributed by atoms with Gasteiger partial charge in [-0.25, -0.2) is 9.97 Å². The molecule has 11 aromatic rings. The van der Waals surface area contributed by atoms with Crippen LogP contribution in [0.5, 0.6) is 0 Å². The molecule has 56 heavy (non-hydrogen) atoms. The highest BCUT2D eigenvalue weighted by molar-refractivity contribution is 6.14. The molecule has 0 bridgehead atoms. The first kappa shape index (κ1) is 31.9. The van der Waals surface area contributed by atoms with Gasteiger partial charge in [0.25, 0.3) is 0 Å². The Bertz CT molecular complexity index is 3240. The molecular formula is C52H33N3O. The molecule has 4 heteroatoms. The highest BCUT2D eigenvalue weighted by atomic mass is 16.3. The summed E-state index contributed by atoms with van der Waals surface area (Å²) in [5.74, 6) is 0.684. The molecule has 3 aromatic heterocycles. The van der Waals surface area contributed by atoms with Crippen LogP contribution in [0.3, 0.4) is 0 Å². The molecule has 0 saturated heterocycles. The highest BCUT2D eigenvalue weighted by Gasteiger charge is 2.21. The number of hydrogen-bond acceptors (Lipinski definition) is 3. The maximum absolute atomic E-state index is 6.74. The Morgan fingerprint density at radius 2 is 0.911 bits per heavy atom. The van der Waals surface area contributed by atoms with Crippen LogP contribution in [0, 0.1) is 0 Å². The van der Waals surface area contributed by atoms with Gasteiger partial charge in [-0.3, -0.25) is 0 Å². The van der Waals surface area contributed by atoms with Crippen molar-refractivity contribution >= 4 is 43.7 Å². The fourth-order valence-corrected chi connectivity index (χ4v) is 8.11. The normalized spacial score (nSPS) is 11.6. The zero-order valence-electron chi connectivity index (χ0n) is 30.3. The summed E-state index contributed by atoms with van der Waals surface area (Å²) >= 11 is 0. The van der Waals surface area contributed by atoms with Crippen molar-refractivity contribution in [2.45, 2.75) is 0 Å². The Labute approximate surface area is 323 Å². The maximum Gasteiger partial charge on any atom is 0.160 e. The molecule has 3 heterocycles. The molecule has 0 unspecified atom stereocenters. The SMILES string of the molecule is c1ccc(-c2cccc(-c3cc(-c4ccc5c6ccccc6n(-c6cc(-c7ccccc7)cc7c6oc6ccccc67)c5c4)nc(-c4ccccc4)n3)c2)cc1. The lowest BCUT2D eigenvalue weighted by Crippen LogP contribution is -1.97. The molecule has 0 spiro atoms. The molecule has 262 valence electrons. The minimum absolute atomic E-state index is 0.684. The predicted molar refractivity (Wildman–Crippen MR) is 231 cm³/mol. The number of hydrogen-bond donors (Lipinski definition) is 0. The van der Waals surface area contributed by atoms with E-state index in [1.807, 2.05) is 30.3 Å². The molecule has 0 radical (unpaired) electrons. The van der Waals surface area contributed by atoms with Crippen LogP contribution in [0.2, 0.25) is 0 Å². The highest BCUT2D eigenvalue weighted by Crippen LogP contribution is 2.42. The van der Waals surface area contributed by atoms with Crippen LogP contribution >= 0.6 is 0 Å². The van der Waals surface area contributed by atoms with Crippen LogP contribution in [0.15, 0.2) is 205 Å². The number of para-hydroxylation sites is 2. The summed E-state index contributed by atoms with van der Waals surface area (Å²) < 4.78 is 9.11. The maximum atomic E-state index is 6.74. The van der Waals surface area contributed by atoms with Gasteiger partial charge in [0, 0.05) is 38.2 Å². The Morgan fingerprint density at radius 3 is 1.66 bits per heavy atom. The predicted octanol–water partition coefficient (Wildman–Crippen LogP) is 13.8. The number of rotatable bonds is 6. The number of nitrogens with zero attached hydrogens (tertiary/aromatic N) is 3. The average Bonchev–Trinajstić information content (AvgIpc) is 3.82. The van der Waals surface area contributed by atoms with E-state index in [1.165, 1.54) is 10.9 Å². The van der Waals surface area contributed by atoms with Crippen molar-refractivity contribution in [2.75, 3.05) is 0 Å². The van der Waals surface area contributed by atoms with Gasteiger partial charge in [-0.05, 0) is 64.7 Å². The van der Waals surface area contributed by atoms with Gasteiger partial charge in [0.15, 0.2) is 11.4 Å². The summed E-state index contributed by atoms with van der Waals surface area (Å²) in [5.41, 5.74) is 14.2. The number of furan rings is 1. The summed E-state index contributed by atoms with van der Waals surface area (Å²) in [5, 5.41) is 4.52. The van der Waals surface area contributed by atoms with Crippen molar-refractivity contribution in [3.63, 3.8) is 0 Å². The lowest BCUT2D eigenvalue weighted by Gasteiger charge is -2.13. The molecule has 0 amide bonds. The van der Waals surface area contributed by atoms with Crippen LogP contribution in [0.25, 0.3) is 106 Å². The number of fused-ring (bicyclic) bond motifs is 6. The number of benzene rings is 8. The summed E-state index contributed by atoms with van der Waals surface area (Å²) in [6.45, 7) is 0. The Balaban J connectivity index is 1.16. The van der Waals surface area contributed by atoms with Gasteiger partial charge in [-0.1, -0.05) is 158 Å². The first-order valence-electron chi connectivity index (χ1n) is 18.9. The summed E-state index contributed by atoms with van der Waals surface area (Å²) in [4.78, 5) is 10.4. The Morgan fingerprint density at radius 1 is 0.339 bits per heavy atom. The van der Waals surface area contributed by atoms with Crippen molar-refractivity contribution < 1.29 is 4.42 Å². The molecule has 0 N–H and O–H groups in total. The third kappa shape index (κ3) is 5.39. The van der Waals surface area contributed by atoms with E-state index in [1.54, 1.807) is 0 Å². The van der Waals surface area contributed by atoms with E-state index in [-0.39, 0.29) is 0 Å². The van der Waals surface area contributed by atoms with Gasteiger partial charge in [0.2, 0.25) is 0 Å². The number of aromatic nitrogens is 3. The van der Waals surface area contributed by atoms with E-state index in [4.69, 9.17) is 14.4 Å². The van der Waals surface area contributed by atoms with Gasteiger partial charge in [0.05, 0.1) is 28.1 Å². The Hall–Kier alpha value is -7.56. The van der Waals surface area contributed by atoms with Crippen LogP contribution < -0.4 is 0 Å². The largest absolute Gasteiger partial charge is 0.454 e. The average molecular weight is 716 g/mol. The van der Waals surface area contributed by atoms with E-state index in [2.05, 4.69) is 174 Å². The van der Waals surface area contributed by atoms with Gasteiger partial charge >= 0.3 is 0 Å². The van der Waals surface area contributed by atoms with Gasteiger partial charge in [-0.2, -0.15) is 0 Å². The lowest BCUT2D eigenvalue weighted by molar-refractivity contribution is 0.666. The molecule has 0 aliphatic heterocycles. The molecular weight excluding hydrogens is 683 g/mol. The zero-order valence-corrected chi connectivity index (χ0v) is 30.3. The topological polar surface area (TPSA) is 43.9 Å². The second-order valence-electron chi connectivity index (χ2n) is 14.2. The van der Waals surface area contributed by atoms with E-state index < -0.39 is 0 Å². The third-order valence-electron chi connectivity index (χ3n) is 10.8. The monoisotopic (exact) mass is 715 g/mol. The summed E-state index contributed by atoms with van der Waals surface area (Å²) in [7, 11) is 0. The van der Waals surface area contributed by atoms with Crippen LogP contribution in [-0.2, 0) is 0 Å². The third-order valence-corrected chi connectivity index (χ3v) is 10.8. The van der Waals surface area contributed by atoms with Gasteiger partial charge in [-0.15, -0.1) is 0 Å². The molecule has 0 saturated carbocycles. The first-order valence-corrected chi connectivity index (χ1v) is 18.9. The second-order valence-corrected chi connectivity index (χ2v) is 14.2. The molecule has 11 rings (SSSR count). The quantitative estimate of drug-likeness (QED) is 0.172. The molecule has 0 atom stereocenters. The molecule has 0 aliphatic rings. The van der Waals surface area contributed by atoms with Crippen molar-refractivity contribution in [2.24, 2.45) is 0 Å². The summed E-state index contributed by atoms with van der Waals surface area (Å²) in [6, 6.07) is 70.2. The van der Waals surface area contributed by atoms with E-state index in [9.17, 15) is 0 Å². The van der Waals surface area contributed by atoms with Crippen molar-refractivity contribution in [3.05, 3.63) is 200 Å². The minimum atomic E-state index is 0.684. The van der Waals surface area contributed by atoms with Crippen molar-refractivity contribution in [3.8, 4) is 61.8 Å².